The van der Waals surface area contributed by atoms with E-state index >= 15 is 0 Å². The standard InChI is InChI=1S/C25H25FN2O3S/c1-18-10-12-21(13-11-18)32(30,31)28-15-14-19-6-2-4-8-22(19)24(28)16-25(29)27-17-20-7-3-5-9-23(20)26/h2-13,24H,14-17H2,1H3,(H,27,29)/t24-/m0/s1. The zero-order valence-corrected chi connectivity index (χ0v) is 18.6. The molecule has 0 aromatic heterocycles. The lowest BCUT2D eigenvalue weighted by Gasteiger charge is -2.36. The average molecular weight is 453 g/mol. The molecule has 3 aromatic carbocycles. The minimum Gasteiger partial charge on any atom is -0.352 e. The van der Waals surface area contributed by atoms with Crippen LogP contribution < -0.4 is 5.32 Å². The minimum atomic E-state index is -3.80. The monoisotopic (exact) mass is 452 g/mol. The Labute approximate surface area is 187 Å². The molecule has 1 heterocycles. The molecule has 5 nitrogen and oxygen atoms in total. The van der Waals surface area contributed by atoms with E-state index in [0.717, 1.165) is 16.7 Å². The molecule has 4 rings (SSSR count). The lowest BCUT2D eigenvalue weighted by molar-refractivity contribution is -0.122. The van der Waals surface area contributed by atoms with Gasteiger partial charge in [0.05, 0.1) is 10.9 Å². The number of amides is 1. The van der Waals surface area contributed by atoms with Crippen molar-refractivity contribution in [1.29, 1.82) is 0 Å². The van der Waals surface area contributed by atoms with E-state index in [1.165, 1.54) is 10.4 Å². The van der Waals surface area contributed by atoms with Crippen molar-refractivity contribution in [1.82, 2.24) is 9.62 Å². The number of benzene rings is 3. The molecule has 0 saturated carbocycles. The molecule has 0 unspecified atom stereocenters. The van der Waals surface area contributed by atoms with Crippen molar-refractivity contribution in [2.75, 3.05) is 6.54 Å². The molecule has 7 heteroatoms. The molecule has 166 valence electrons. The lowest BCUT2D eigenvalue weighted by Crippen LogP contribution is -2.42. The van der Waals surface area contributed by atoms with Gasteiger partial charge < -0.3 is 5.32 Å². The average Bonchev–Trinajstić information content (AvgIpc) is 2.79. The number of halogens is 1. The van der Waals surface area contributed by atoms with E-state index < -0.39 is 16.1 Å². The van der Waals surface area contributed by atoms with Gasteiger partial charge in [-0.3, -0.25) is 4.79 Å². The summed E-state index contributed by atoms with van der Waals surface area (Å²) in [4.78, 5) is 13.0. The second kappa shape index (κ2) is 9.22. The number of hydrogen-bond donors (Lipinski definition) is 1. The van der Waals surface area contributed by atoms with Gasteiger partial charge in [-0.15, -0.1) is 0 Å². The normalized spacial score (nSPS) is 16.4. The summed E-state index contributed by atoms with van der Waals surface area (Å²) < 4.78 is 42.2. The lowest BCUT2D eigenvalue weighted by atomic mass is 9.92. The van der Waals surface area contributed by atoms with Crippen LogP contribution in [0.15, 0.2) is 77.7 Å². The van der Waals surface area contributed by atoms with Crippen molar-refractivity contribution >= 4 is 15.9 Å². The second-order valence-electron chi connectivity index (χ2n) is 7.97. The van der Waals surface area contributed by atoms with Gasteiger partial charge in [0, 0.05) is 25.1 Å². The van der Waals surface area contributed by atoms with Crippen LogP contribution in [0.4, 0.5) is 4.39 Å². The number of hydrogen-bond acceptors (Lipinski definition) is 3. The highest BCUT2D eigenvalue weighted by Crippen LogP contribution is 2.36. The van der Waals surface area contributed by atoms with E-state index in [0.29, 0.717) is 18.5 Å². The van der Waals surface area contributed by atoms with E-state index in [1.807, 2.05) is 31.2 Å². The van der Waals surface area contributed by atoms with Crippen molar-refractivity contribution in [3.05, 3.63) is 101 Å². The predicted octanol–water partition coefficient (Wildman–Crippen LogP) is 4.13. The first-order valence-electron chi connectivity index (χ1n) is 10.5. The molecule has 0 spiro atoms. The van der Waals surface area contributed by atoms with E-state index in [-0.39, 0.29) is 29.6 Å². The van der Waals surface area contributed by atoms with Crippen LogP contribution in [0.5, 0.6) is 0 Å². The third-order valence-corrected chi connectivity index (χ3v) is 7.73. The summed E-state index contributed by atoms with van der Waals surface area (Å²) in [6.07, 6.45) is 0.533. The molecule has 1 aliphatic rings. The summed E-state index contributed by atoms with van der Waals surface area (Å²) in [5.74, 6) is -0.724. The van der Waals surface area contributed by atoms with Crippen LogP contribution in [0, 0.1) is 12.7 Å². The third kappa shape index (κ3) is 4.59. The van der Waals surface area contributed by atoms with Crippen LogP contribution in [-0.2, 0) is 27.8 Å². The molecule has 1 N–H and O–H groups in total. The topological polar surface area (TPSA) is 66.5 Å². The fraction of sp³-hybridized carbons (Fsp3) is 0.240. The van der Waals surface area contributed by atoms with Gasteiger partial charge in [-0.05, 0) is 42.7 Å². The molecule has 0 bridgehead atoms. The zero-order valence-electron chi connectivity index (χ0n) is 17.8. The Hall–Kier alpha value is -3.03. The number of carbonyl (C=O) groups excluding carboxylic acids is 1. The first-order chi connectivity index (χ1) is 15.4. The Balaban J connectivity index is 1.60. The number of fused-ring (bicyclic) bond motifs is 1. The SMILES string of the molecule is Cc1ccc(S(=O)(=O)N2CCc3ccccc3[C@@H]2CC(=O)NCc2ccccc2F)cc1. The highest BCUT2D eigenvalue weighted by atomic mass is 32.2. The molecule has 32 heavy (non-hydrogen) atoms. The molecule has 1 atom stereocenters. The van der Waals surface area contributed by atoms with Crippen LogP contribution in [0.25, 0.3) is 0 Å². The smallest absolute Gasteiger partial charge is 0.243 e. The van der Waals surface area contributed by atoms with Gasteiger partial charge in [0.25, 0.3) is 0 Å². The highest BCUT2D eigenvalue weighted by molar-refractivity contribution is 7.89. The van der Waals surface area contributed by atoms with Gasteiger partial charge in [-0.2, -0.15) is 4.31 Å². The van der Waals surface area contributed by atoms with Crippen molar-refractivity contribution in [3.63, 3.8) is 0 Å². The fourth-order valence-electron chi connectivity index (χ4n) is 4.06. The summed E-state index contributed by atoms with van der Waals surface area (Å²) in [5.41, 5.74) is 3.22. The Morgan fingerprint density at radius 1 is 1.03 bits per heavy atom. The number of rotatable bonds is 6. The Kier molecular flexibility index (Phi) is 6.39. The zero-order chi connectivity index (χ0) is 22.7. The molecule has 0 aliphatic carbocycles. The molecular weight excluding hydrogens is 427 g/mol. The van der Waals surface area contributed by atoms with Gasteiger partial charge in [0.15, 0.2) is 0 Å². The first kappa shape index (κ1) is 22.2. The molecule has 0 saturated heterocycles. The van der Waals surface area contributed by atoms with Crippen molar-refractivity contribution in [2.24, 2.45) is 0 Å². The number of carbonyl (C=O) groups is 1. The molecule has 1 aliphatic heterocycles. The van der Waals surface area contributed by atoms with E-state index in [4.69, 9.17) is 0 Å². The van der Waals surface area contributed by atoms with Crippen LogP contribution in [0.3, 0.4) is 0 Å². The third-order valence-electron chi connectivity index (χ3n) is 5.80. The van der Waals surface area contributed by atoms with Crippen molar-refractivity contribution in [3.8, 4) is 0 Å². The molecule has 0 radical (unpaired) electrons. The summed E-state index contributed by atoms with van der Waals surface area (Å²) in [6, 6.07) is 20.0. The Morgan fingerprint density at radius 2 is 1.72 bits per heavy atom. The number of aryl methyl sites for hydroxylation is 1. The van der Waals surface area contributed by atoms with E-state index in [9.17, 15) is 17.6 Å². The number of sulfonamides is 1. The summed E-state index contributed by atoms with van der Waals surface area (Å²) >= 11 is 0. The van der Waals surface area contributed by atoms with Gasteiger partial charge >= 0.3 is 0 Å². The summed E-state index contributed by atoms with van der Waals surface area (Å²) in [7, 11) is -3.80. The summed E-state index contributed by atoms with van der Waals surface area (Å²) in [5, 5.41) is 2.74. The van der Waals surface area contributed by atoms with Crippen LogP contribution in [-0.4, -0.2) is 25.2 Å². The van der Waals surface area contributed by atoms with Crippen molar-refractivity contribution < 1.29 is 17.6 Å². The van der Waals surface area contributed by atoms with Crippen LogP contribution in [0.1, 0.15) is 34.7 Å². The number of nitrogens with zero attached hydrogens (tertiary/aromatic N) is 1. The predicted molar refractivity (Wildman–Crippen MR) is 121 cm³/mol. The Morgan fingerprint density at radius 3 is 2.47 bits per heavy atom. The van der Waals surface area contributed by atoms with Crippen LogP contribution in [0.2, 0.25) is 0 Å². The number of nitrogens with one attached hydrogen (secondary N) is 1. The minimum absolute atomic E-state index is 0.0451. The van der Waals surface area contributed by atoms with Crippen molar-refractivity contribution in [2.45, 2.75) is 37.2 Å². The first-order valence-corrected chi connectivity index (χ1v) is 12.0. The van der Waals surface area contributed by atoms with Gasteiger partial charge in [0.2, 0.25) is 15.9 Å². The molecule has 1 amide bonds. The Bertz CT molecular complexity index is 1230. The van der Waals surface area contributed by atoms with E-state index in [1.54, 1.807) is 42.5 Å². The molecular formula is C25H25FN2O3S. The van der Waals surface area contributed by atoms with Gasteiger partial charge in [0.1, 0.15) is 5.82 Å². The van der Waals surface area contributed by atoms with Crippen LogP contribution >= 0.6 is 0 Å². The summed E-state index contributed by atoms with van der Waals surface area (Å²) in [6.45, 7) is 2.24. The quantitative estimate of drug-likeness (QED) is 0.612. The van der Waals surface area contributed by atoms with Gasteiger partial charge in [-0.1, -0.05) is 60.2 Å². The fourth-order valence-corrected chi connectivity index (χ4v) is 5.66. The highest BCUT2D eigenvalue weighted by Gasteiger charge is 2.37. The van der Waals surface area contributed by atoms with E-state index in [2.05, 4.69) is 5.32 Å². The largest absolute Gasteiger partial charge is 0.352 e. The second-order valence-corrected chi connectivity index (χ2v) is 9.86. The molecule has 0 fully saturated rings. The molecule has 3 aromatic rings. The maximum absolute atomic E-state index is 13.9. The maximum atomic E-state index is 13.9. The maximum Gasteiger partial charge on any atom is 0.243 e. The van der Waals surface area contributed by atoms with Gasteiger partial charge in [-0.25, -0.2) is 12.8 Å².